The zero-order valence-electron chi connectivity index (χ0n) is 15.5. The first-order chi connectivity index (χ1) is 13.3. The van der Waals surface area contributed by atoms with Gasteiger partial charge in [0, 0.05) is 41.6 Å². The van der Waals surface area contributed by atoms with Crippen molar-refractivity contribution in [3.8, 4) is 0 Å². The number of pyridine rings is 1. The summed E-state index contributed by atoms with van der Waals surface area (Å²) in [5.74, 6) is -2.27. The van der Waals surface area contributed by atoms with Crippen molar-refractivity contribution in [2.75, 3.05) is 13.1 Å². The molecule has 2 fully saturated rings. The van der Waals surface area contributed by atoms with Crippen molar-refractivity contribution < 1.29 is 24.6 Å². The Bertz CT molecular complexity index is 866. The lowest BCUT2D eigenvalue weighted by atomic mass is 9.79. The number of carboxylic acid groups (broad SMARTS) is 1. The third-order valence-corrected chi connectivity index (χ3v) is 7.10. The van der Waals surface area contributed by atoms with Gasteiger partial charge in [-0.3, -0.25) is 14.6 Å². The van der Waals surface area contributed by atoms with E-state index in [1.54, 1.807) is 30.2 Å². The highest BCUT2D eigenvalue weighted by Gasteiger charge is 2.60. The van der Waals surface area contributed by atoms with E-state index >= 15 is 0 Å². The number of aromatic nitrogens is 1. The first-order valence-corrected chi connectivity index (χ1v) is 10.0. The molecule has 2 amide bonds. The van der Waals surface area contributed by atoms with Gasteiger partial charge in [-0.2, -0.15) is 0 Å². The van der Waals surface area contributed by atoms with Crippen LogP contribution in [0.1, 0.15) is 24.2 Å². The van der Waals surface area contributed by atoms with Gasteiger partial charge in [-0.05, 0) is 19.1 Å². The molecular formula is C19H21N3O5S. The second-order valence-electron chi connectivity index (χ2n) is 7.46. The van der Waals surface area contributed by atoms with Gasteiger partial charge in [0.05, 0.1) is 23.6 Å². The summed E-state index contributed by atoms with van der Waals surface area (Å²) in [4.78, 5) is 44.2. The Kier molecular flexibility index (Phi) is 4.67. The molecule has 28 heavy (non-hydrogen) atoms. The number of β-lactam (4-membered cyclic amide) rings is 1. The third-order valence-electron chi connectivity index (χ3n) is 5.65. The summed E-state index contributed by atoms with van der Waals surface area (Å²) >= 11 is 1.43. The van der Waals surface area contributed by atoms with Gasteiger partial charge in [0.2, 0.25) is 5.91 Å². The fraction of sp³-hybridized carbons (Fsp3) is 0.474. The number of hydrogen-bond donors (Lipinski definition) is 2. The second-order valence-corrected chi connectivity index (χ2v) is 8.81. The zero-order valence-corrected chi connectivity index (χ0v) is 16.3. The minimum absolute atomic E-state index is 0.0291. The predicted molar refractivity (Wildman–Crippen MR) is 101 cm³/mol. The third kappa shape index (κ3) is 2.80. The molecule has 4 rings (SSSR count). The van der Waals surface area contributed by atoms with E-state index in [-0.39, 0.29) is 34.7 Å². The van der Waals surface area contributed by atoms with Crippen LogP contribution in [-0.4, -0.2) is 73.3 Å². The number of rotatable bonds is 5. The number of aliphatic carboxylic acids is 1. The standard InChI is InChI=1S/C19H21N3O5S/c1-9-14-13(10(2)23)18(25)22(14)15(19(26)27)16(9)28-12-7-21(8-12)17(24)11-4-3-5-20-6-11/h3-6,9-10,12-14,23H,7-8H2,1-2H3,(H,26,27)/t9-,10-,13-,14-/m1/s1. The number of fused-ring (bicyclic) bond motifs is 1. The fourth-order valence-corrected chi connectivity index (χ4v) is 5.73. The Hall–Kier alpha value is -2.39. The summed E-state index contributed by atoms with van der Waals surface area (Å²) in [5.41, 5.74) is 0.557. The van der Waals surface area contributed by atoms with E-state index in [0.29, 0.717) is 23.6 Å². The Morgan fingerprint density at radius 3 is 2.64 bits per heavy atom. The zero-order chi connectivity index (χ0) is 20.2. The number of aliphatic hydroxyl groups excluding tert-OH is 1. The number of aliphatic hydroxyl groups is 1. The number of carbonyl (C=O) groups is 3. The number of hydrogen-bond acceptors (Lipinski definition) is 6. The molecule has 9 heteroatoms. The molecule has 2 N–H and O–H groups in total. The van der Waals surface area contributed by atoms with Crippen LogP contribution in [0.3, 0.4) is 0 Å². The molecule has 0 radical (unpaired) electrons. The molecule has 1 aromatic heterocycles. The molecule has 3 aliphatic rings. The highest BCUT2D eigenvalue weighted by molar-refractivity contribution is 8.03. The average molecular weight is 403 g/mol. The summed E-state index contributed by atoms with van der Waals surface area (Å²) in [6.07, 6.45) is 2.32. The van der Waals surface area contributed by atoms with E-state index in [0.717, 1.165) is 0 Å². The molecule has 2 saturated heterocycles. The molecule has 0 aliphatic carbocycles. The lowest BCUT2D eigenvalue weighted by Gasteiger charge is -2.46. The first-order valence-electron chi connectivity index (χ1n) is 9.15. The van der Waals surface area contributed by atoms with Gasteiger partial charge in [0.25, 0.3) is 5.91 Å². The highest BCUT2D eigenvalue weighted by Crippen LogP contribution is 2.51. The van der Waals surface area contributed by atoms with Gasteiger partial charge in [0.1, 0.15) is 5.70 Å². The van der Waals surface area contributed by atoms with Crippen molar-refractivity contribution in [1.29, 1.82) is 0 Å². The molecule has 4 atom stereocenters. The lowest BCUT2D eigenvalue weighted by molar-refractivity contribution is -0.163. The molecule has 1 aromatic rings. The summed E-state index contributed by atoms with van der Waals surface area (Å²) in [6.45, 7) is 4.49. The van der Waals surface area contributed by atoms with Crippen LogP contribution in [0.2, 0.25) is 0 Å². The molecular weight excluding hydrogens is 382 g/mol. The largest absolute Gasteiger partial charge is 0.477 e. The quantitative estimate of drug-likeness (QED) is 0.700. The Morgan fingerprint density at radius 1 is 1.36 bits per heavy atom. The normalized spacial score (nSPS) is 28.0. The summed E-state index contributed by atoms with van der Waals surface area (Å²) < 4.78 is 0. The minimum Gasteiger partial charge on any atom is -0.477 e. The van der Waals surface area contributed by atoms with Gasteiger partial charge in [0.15, 0.2) is 0 Å². The fourth-order valence-electron chi connectivity index (χ4n) is 4.21. The number of amides is 2. The second kappa shape index (κ2) is 6.89. The van der Waals surface area contributed by atoms with Crippen molar-refractivity contribution in [3.05, 3.63) is 40.7 Å². The average Bonchev–Trinajstić information content (AvgIpc) is 2.86. The first kappa shape index (κ1) is 18.9. The van der Waals surface area contributed by atoms with E-state index in [1.807, 2.05) is 6.92 Å². The molecule has 8 nitrogen and oxygen atoms in total. The SMILES string of the molecule is C[C@@H](O)[C@H]1C(=O)N2C(C(=O)O)=C(SC3CN(C(=O)c4cccnc4)C3)[C@H](C)[C@H]12. The molecule has 148 valence electrons. The maximum atomic E-state index is 12.4. The van der Waals surface area contributed by atoms with Crippen LogP contribution in [0.4, 0.5) is 0 Å². The minimum atomic E-state index is -1.13. The van der Waals surface area contributed by atoms with Gasteiger partial charge >= 0.3 is 5.97 Å². The van der Waals surface area contributed by atoms with Crippen LogP contribution >= 0.6 is 11.8 Å². The van der Waals surface area contributed by atoms with Crippen LogP contribution < -0.4 is 0 Å². The molecule has 0 unspecified atom stereocenters. The number of nitrogens with zero attached hydrogens (tertiary/aromatic N) is 3. The van der Waals surface area contributed by atoms with Crippen LogP contribution in [-0.2, 0) is 9.59 Å². The van der Waals surface area contributed by atoms with Crippen molar-refractivity contribution in [2.24, 2.45) is 11.8 Å². The Morgan fingerprint density at radius 2 is 2.07 bits per heavy atom. The van der Waals surface area contributed by atoms with Gasteiger partial charge in [-0.1, -0.05) is 6.92 Å². The number of likely N-dealkylation sites (tertiary alicyclic amines) is 1. The number of carbonyl (C=O) groups excluding carboxylic acids is 2. The predicted octanol–water partition coefficient (Wildman–Crippen LogP) is 0.793. The lowest BCUT2D eigenvalue weighted by Crippen LogP contribution is -2.63. The van der Waals surface area contributed by atoms with Crippen molar-refractivity contribution in [3.63, 3.8) is 0 Å². The summed E-state index contributed by atoms with van der Waals surface area (Å²) in [6, 6.07) is 3.12. The highest BCUT2D eigenvalue weighted by atomic mass is 32.2. The van der Waals surface area contributed by atoms with Crippen LogP contribution in [0.5, 0.6) is 0 Å². The van der Waals surface area contributed by atoms with E-state index in [4.69, 9.17) is 0 Å². The van der Waals surface area contributed by atoms with Crippen LogP contribution in [0, 0.1) is 11.8 Å². The number of thioether (sulfide) groups is 1. The molecule has 0 spiro atoms. The molecule has 0 aromatic carbocycles. The van der Waals surface area contributed by atoms with E-state index in [9.17, 15) is 24.6 Å². The smallest absolute Gasteiger partial charge is 0.353 e. The Labute approximate surface area is 166 Å². The summed E-state index contributed by atoms with van der Waals surface area (Å²) in [7, 11) is 0. The molecule has 0 bridgehead atoms. The molecule has 4 heterocycles. The Balaban J connectivity index is 1.46. The maximum absolute atomic E-state index is 12.4. The van der Waals surface area contributed by atoms with Crippen molar-refractivity contribution in [2.45, 2.75) is 31.2 Å². The van der Waals surface area contributed by atoms with Gasteiger partial charge in [-0.15, -0.1) is 11.8 Å². The van der Waals surface area contributed by atoms with E-state index < -0.39 is 18.0 Å². The monoisotopic (exact) mass is 403 g/mol. The maximum Gasteiger partial charge on any atom is 0.353 e. The summed E-state index contributed by atoms with van der Waals surface area (Å²) in [5, 5.41) is 19.6. The number of carboxylic acids is 1. The van der Waals surface area contributed by atoms with Gasteiger partial charge < -0.3 is 20.0 Å². The van der Waals surface area contributed by atoms with Crippen LogP contribution in [0.25, 0.3) is 0 Å². The molecule has 0 saturated carbocycles. The molecule has 3 aliphatic heterocycles. The van der Waals surface area contributed by atoms with E-state index in [2.05, 4.69) is 4.98 Å². The van der Waals surface area contributed by atoms with Crippen LogP contribution in [0.15, 0.2) is 35.1 Å². The van der Waals surface area contributed by atoms with E-state index in [1.165, 1.54) is 22.9 Å². The topological polar surface area (TPSA) is 111 Å². The van der Waals surface area contributed by atoms with Gasteiger partial charge in [-0.25, -0.2) is 4.79 Å². The van der Waals surface area contributed by atoms with Crippen molar-refractivity contribution in [1.82, 2.24) is 14.8 Å². The van der Waals surface area contributed by atoms with Crippen molar-refractivity contribution >= 4 is 29.5 Å².